The van der Waals surface area contributed by atoms with Crippen LogP contribution in [0.3, 0.4) is 0 Å². The van der Waals surface area contributed by atoms with Crippen LogP contribution in [0.4, 0.5) is 28.9 Å². The Bertz CT molecular complexity index is 1540. The number of ether oxygens (including phenoxy) is 2. The average Bonchev–Trinajstić information content (AvgIpc) is 3.22. The van der Waals surface area contributed by atoms with E-state index < -0.39 is 21.4 Å². The summed E-state index contributed by atoms with van der Waals surface area (Å²) < 4.78 is 85.7. The summed E-state index contributed by atoms with van der Waals surface area (Å²) in [6, 6.07) is 15.9. The molecule has 204 valence electrons. The Labute approximate surface area is 224 Å². The average molecular weight is 582 g/mol. The van der Waals surface area contributed by atoms with Crippen LogP contribution in [0.5, 0.6) is 11.5 Å². The number of nitrogens with zero attached hydrogens (tertiary/aromatic N) is 1. The fourth-order valence-electron chi connectivity index (χ4n) is 3.21. The molecule has 3 aromatic rings. The molecule has 1 aliphatic rings. The number of hydrogen-bond donors (Lipinski definition) is 2. The topological polar surface area (TPSA) is 106 Å². The van der Waals surface area contributed by atoms with Crippen LogP contribution < -0.4 is 19.5 Å². The first-order chi connectivity index (χ1) is 18.4. The van der Waals surface area contributed by atoms with E-state index in [9.17, 15) is 30.8 Å². The van der Waals surface area contributed by atoms with Crippen molar-refractivity contribution in [1.82, 2.24) is 0 Å². The molecule has 3 aromatic carbocycles. The molecule has 0 saturated heterocycles. The van der Waals surface area contributed by atoms with Crippen molar-refractivity contribution in [2.75, 3.05) is 17.1 Å². The maximum atomic E-state index is 13.1. The summed E-state index contributed by atoms with van der Waals surface area (Å²) in [5.74, 6) is 0.0205. The van der Waals surface area contributed by atoms with Crippen LogP contribution in [-0.4, -0.2) is 32.1 Å². The number of thioether (sulfide) groups is 1. The molecule has 0 fully saturated rings. The highest BCUT2D eigenvalue weighted by molar-refractivity contribution is 8.18. The third kappa shape index (κ3) is 7.09. The Morgan fingerprint density at radius 2 is 1.64 bits per heavy atom. The highest BCUT2D eigenvalue weighted by Gasteiger charge is 2.46. The lowest BCUT2D eigenvalue weighted by molar-refractivity contribution is -0.113. The van der Waals surface area contributed by atoms with Crippen molar-refractivity contribution in [3.63, 3.8) is 0 Å². The number of amides is 1. The smallest absolute Gasteiger partial charge is 0.493 e. The second-order valence-corrected chi connectivity index (χ2v) is 10.6. The minimum absolute atomic E-state index is 0.198. The van der Waals surface area contributed by atoms with E-state index >= 15 is 0 Å². The molecule has 0 bridgehead atoms. The van der Waals surface area contributed by atoms with Gasteiger partial charge in [0, 0.05) is 11.4 Å². The molecule has 4 rings (SSSR count). The molecular formula is C25H19F4N3O5S2. The minimum Gasteiger partial charge on any atom is -0.493 e. The molecule has 39 heavy (non-hydrogen) atoms. The van der Waals surface area contributed by atoms with E-state index in [1.165, 1.54) is 36.1 Å². The Balaban J connectivity index is 1.39. The third-order valence-electron chi connectivity index (χ3n) is 5.11. The quantitative estimate of drug-likeness (QED) is 0.258. The Hall–Kier alpha value is -4.04. The third-order valence-corrected chi connectivity index (χ3v) is 7.12. The van der Waals surface area contributed by atoms with E-state index in [0.29, 0.717) is 27.7 Å². The highest BCUT2D eigenvalue weighted by atomic mass is 32.2. The number of aliphatic imine (C=N–C) groups is 1. The Kier molecular flexibility index (Phi) is 8.16. The van der Waals surface area contributed by atoms with Crippen molar-refractivity contribution in [3.05, 3.63) is 88.6 Å². The first-order valence-electron chi connectivity index (χ1n) is 11.0. The SMILES string of the molecule is COc1cc(/C=C2\SC(Nc3ccc(NS(=O)(=O)C(F)(F)F)cc3)=NC2=O)ccc1OCc1ccc(F)cc1. The second kappa shape index (κ2) is 11.4. The van der Waals surface area contributed by atoms with Gasteiger partial charge >= 0.3 is 15.5 Å². The second-order valence-electron chi connectivity index (χ2n) is 7.91. The molecule has 0 radical (unpaired) electrons. The number of amidine groups is 1. The molecule has 0 atom stereocenters. The standard InChI is InChI=1S/C25H19F4N3O5S2/c1-36-21-12-16(4-11-20(21)37-14-15-2-5-17(26)6-3-15)13-22-23(33)31-24(38-22)30-18-7-9-19(10-8-18)32-39(34,35)25(27,28)29/h2-13,32H,14H2,1H3,(H,30,31,33)/b22-13-. The molecule has 14 heteroatoms. The monoisotopic (exact) mass is 581 g/mol. The van der Waals surface area contributed by atoms with Crippen molar-refractivity contribution in [2.45, 2.75) is 12.1 Å². The number of halogens is 4. The van der Waals surface area contributed by atoms with Crippen LogP contribution in [0.25, 0.3) is 6.08 Å². The summed E-state index contributed by atoms with van der Waals surface area (Å²) in [6.45, 7) is 0.198. The van der Waals surface area contributed by atoms with E-state index in [1.54, 1.807) is 36.4 Å². The predicted molar refractivity (Wildman–Crippen MR) is 140 cm³/mol. The summed E-state index contributed by atoms with van der Waals surface area (Å²) in [5, 5.41) is 3.08. The number of carbonyl (C=O) groups is 1. The van der Waals surface area contributed by atoms with Gasteiger partial charge in [-0.2, -0.15) is 26.6 Å². The molecule has 8 nitrogen and oxygen atoms in total. The van der Waals surface area contributed by atoms with Gasteiger partial charge in [-0.1, -0.05) is 18.2 Å². The lowest BCUT2D eigenvalue weighted by Gasteiger charge is -2.12. The Morgan fingerprint density at radius 3 is 2.28 bits per heavy atom. The molecule has 1 heterocycles. The van der Waals surface area contributed by atoms with Crippen LogP contribution in [0.15, 0.2) is 76.6 Å². The number of rotatable bonds is 8. The number of carbonyl (C=O) groups excluding carboxylic acids is 1. The normalized spacial score (nSPS) is 14.7. The predicted octanol–water partition coefficient (Wildman–Crippen LogP) is 5.76. The van der Waals surface area contributed by atoms with E-state index in [4.69, 9.17) is 9.47 Å². The molecule has 0 saturated carbocycles. The van der Waals surface area contributed by atoms with Gasteiger partial charge in [-0.25, -0.2) is 4.39 Å². The number of methoxy groups -OCH3 is 1. The number of nitrogens with one attached hydrogen (secondary N) is 2. The van der Waals surface area contributed by atoms with Gasteiger partial charge in [0.15, 0.2) is 16.7 Å². The van der Waals surface area contributed by atoms with Crippen LogP contribution in [0.2, 0.25) is 0 Å². The lowest BCUT2D eigenvalue weighted by atomic mass is 10.2. The summed E-state index contributed by atoms with van der Waals surface area (Å²) in [7, 11) is -4.07. The zero-order valence-electron chi connectivity index (χ0n) is 20.0. The number of sulfonamides is 1. The van der Waals surface area contributed by atoms with E-state index in [2.05, 4.69) is 10.3 Å². The van der Waals surface area contributed by atoms with Crippen molar-refractivity contribution in [3.8, 4) is 11.5 Å². The largest absolute Gasteiger partial charge is 0.516 e. The number of benzene rings is 3. The fourth-order valence-corrected chi connectivity index (χ4v) is 4.60. The van der Waals surface area contributed by atoms with Crippen molar-refractivity contribution in [2.24, 2.45) is 4.99 Å². The van der Waals surface area contributed by atoms with Gasteiger partial charge in [0.2, 0.25) is 0 Å². The molecular weight excluding hydrogens is 562 g/mol. The van der Waals surface area contributed by atoms with E-state index in [-0.39, 0.29) is 23.3 Å². The summed E-state index contributed by atoms with van der Waals surface area (Å²) in [4.78, 5) is 16.6. The highest BCUT2D eigenvalue weighted by Crippen LogP contribution is 2.33. The molecule has 0 unspecified atom stereocenters. The van der Waals surface area contributed by atoms with Crippen LogP contribution in [0, 0.1) is 5.82 Å². The van der Waals surface area contributed by atoms with Gasteiger partial charge < -0.3 is 14.8 Å². The molecule has 1 aliphatic heterocycles. The maximum Gasteiger partial charge on any atom is 0.516 e. The summed E-state index contributed by atoms with van der Waals surface area (Å²) >= 11 is 1.04. The zero-order chi connectivity index (χ0) is 28.2. The molecule has 0 aromatic heterocycles. The van der Waals surface area contributed by atoms with Gasteiger partial charge in [-0.05, 0) is 77.5 Å². The minimum atomic E-state index is -5.54. The number of hydrogen-bond acceptors (Lipinski definition) is 7. The fraction of sp³-hybridized carbons (Fsp3) is 0.120. The van der Waals surface area contributed by atoms with Crippen molar-refractivity contribution in [1.29, 1.82) is 0 Å². The van der Waals surface area contributed by atoms with Gasteiger partial charge in [-0.3, -0.25) is 9.52 Å². The van der Waals surface area contributed by atoms with E-state index in [1.807, 2.05) is 0 Å². The summed E-state index contributed by atoms with van der Waals surface area (Å²) in [5.41, 5.74) is -3.95. The first kappa shape index (κ1) is 28.0. The summed E-state index contributed by atoms with van der Waals surface area (Å²) in [6.07, 6.45) is 1.60. The van der Waals surface area contributed by atoms with Crippen LogP contribution >= 0.6 is 11.8 Å². The molecule has 1 amide bonds. The lowest BCUT2D eigenvalue weighted by Crippen LogP contribution is -2.29. The van der Waals surface area contributed by atoms with Crippen molar-refractivity contribution < 1.29 is 40.2 Å². The zero-order valence-corrected chi connectivity index (χ0v) is 21.6. The molecule has 2 N–H and O–H groups in total. The van der Waals surface area contributed by atoms with Crippen LogP contribution in [0.1, 0.15) is 11.1 Å². The van der Waals surface area contributed by atoms with Crippen molar-refractivity contribution >= 4 is 50.3 Å². The molecule has 0 aliphatic carbocycles. The maximum absolute atomic E-state index is 13.1. The van der Waals surface area contributed by atoms with Gasteiger partial charge in [0.25, 0.3) is 5.91 Å². The first-order valence-corrected chi connectivity index (χ1v) is 13.3. The van der Waals surface area contributed by atoms with Crippen LogP contribution in [-0.2, 0) is 21.4 Å². The van der Waals surface area contributed by atoms with Gasteiger partial charge in [-0.15, -0.1) is 0 Å². The van der Waals surface area contributed by atoms with Gasteiger partial charge in [0.05, 0.1) is 12.0 Å². The van der Waals surface area contributed by atoms with E-state index in [0.717, 1.165) is 29.5 Å². The van der Waals surface area contributed by atoms with Gasteiger partial charge in [0.1, 0.15) is 12.4 Å². The number of alkyl halides is 3. The molecule has 0 spiro atoms. The Morgan fingerprint density at radius 1 is 0.974 bits per heavy atom. The number of anilines is 2.